The van der Waals surface area contributed by atoms with E-state index in [2.05, 4.69) is 21.0 Å². The van der Waals surface area contributed by atoms with Crippen LogP contribution in [0.1, 0.15) is 24.4 Å². The molecule has 1 fully saturated rings. The summed E-state index contributed by atoms with van der Waals surface area (Å²) in [6.45, 7) is 1.49. The minimum absolute atomic E-state index is 0.0903. The third kappa shape index (κ3) is 2.21. The fourth-order valence-corrected chi connectivity index (χ4v) is 3.18. The lowest BCUT2D eigenvalue weighted by Gasteiger charge is -2.23. The fourth-order valence-electron chi connectivity index (χ4n) is 3.18. The van der Waals surface area contributed by atoms with Crippen LogP contribution in [-0.2, 0) is 6.67 Å². The maximum atomic E-state index is 12.4. The summed E-state index contributed by atoms with van der Waals surface area (Å²) in [5, 5.41) is 4.41. The van der Waals surface area contributed by atoms with Crippen molar-refractivity contribution in [3.05, 3.63) is 65.0 Å². The smallest absolute Gasteiger partial charge is 0.277 e. The number of pyridine rings is 2. The van der Waals surface area contributed by atoms with Gasteiger partial charge in [0, 0.05) is 31.2 Å². The molecule has 3 aromatic rings. The summed E-state index contributed by atoms with van der Waals surface area (Å²) in [6.07, 6.45) is 7.67. The van der Waals surface area contributed by atoms with E-state index in [1.807, 2.05) is 30.5 Å². The predicted octanol–water partition coefficient (Wildman–Crippen LogP) is 1.69. The topological polar surface area (TPSA) is 55.4 Å². The second-order valence-corrected chi connectivity index (χ2v) is 5.61. The molecule has 1 atom stereocenters. The summed E-state index contributed by atoms with van der Waals surface area (Å²) in [7, 11) is 0. The number of likely N-dealkylation sites (tertiary alicyclic amines) is 1. The highest BCUT2D eigenvalue weighted by molar-refractivity contribution is 5.35. The van der Waals surface area contributed by atoms with E-state index in [9.17, 15) is 4.79 Å². The average molecular weight is 295 g/mol. The molecular weight excluding hydrogens is 278 g/mol. The van der Waals surface area contributed by atoms with Crippen molar-refractivity contribution in [1.29, 1.82) is 0 Å². The molecule has 0 spiro atoms. The van der Waals surface area contributed by atoms with Gasteiger partial charge in [-0.2, -0.15) is 4.68 Å². The van der Waals surface area contributed by atoms with Gasteiger partial charge in [0.25, 0.3) is 0 Å². The van der Waals surface area contributed by atoms with E-state index < -0.39 is 0 Å². The van der Waals surface area contributed by atoms with Crippen LogP contribution in [-0.4, -0.2) is 30.6 Å². The molecule has 6 nitrogen and oxygen atoms in total. The van der Waals surface area contributed by atoms with E-state index in [4.69, 9.17) is 0 Å². The van der Waals surface area contributed by atoms with Crippen LogP contribution in [0.5, 0.6) is 0 Å². The third-order valence-electron chi connectivity index (χ3n) is 4.24. The van der Waals surface area contributed by atoms with Crippen molar-refractivity contribution in [3.63, 3.8) is 0 Å². The first-order chi connectivity index (χ1) is 10.8. The summed E-state index contributed by atoms with van der Waals surface area (Å²) >= 11 is 0. The lowest BCUT2D eigenvalue weighted by molar-refractivity contribution is 0.188. The van der Waals surface area contributed by atoms with Crippen molar-refractivity contribution in [2.45, 2.75) is 25.6 Å². The van der Waals surface area contributed by atoms with E-state index in [1.54, 1.807) is 21.5 Å². The first-order valence-electron chi connectivity index (χ1n) is 7.51. The van der Waals surface area contributed by atoms with Gasteiger partial charge in [-0.25, -0.2) is 4.79 Å². The largest absolute Gasteiger partial charge is 0.351 e. The minimum atomic E-state index is -0.0903. The Morgan fingerprint density at radius 1 is 1.23 bits per heavy atom. The molecule has 0 saturated carbocycles. The molecule has 6 heteroatoms. The highest BCUT2D eigenvalue weighted by Gasteiger charge is 2.27. The van der Waals surface area contributed by atoms with Gasteiger partial charge in [0.2, 0.25) is 0 Å². The van der Waals surface area contributed by atoms with Crippen LogP contribution in [0, 0.1) is 0 Å². The van der Waals surface area contributed by atoms with Crippen LogP contribution in [0.15, 0.2) is 53.7 Å². The van der Waals surface area contributed by atoms with Crippen molar-refractivity contribution < 1.29 is 0 Å². The molecule has 1 aliphatic rings. The van der Waals surface area contributed by atoms with Gasteiger partial charge in [-0.3, -0.25) is 14.3 Å². The Hall–Kier alpha value is -2.47. The Kier molecular flexibility index (Phi) is 3.23. The lowest BCUT2D eigenvalue weighted by atomic mass is 10.1. The van der Waals surface area contributed by atoms with E-state index >= 15 is 0 Å². The van der Waals surface area contributed by atoms with Gasteiger partial charge in [-0.1, -0.05) is 12.1 Å². The number of fused-ring (bicyclic) bond motifs is 1. The Morgan fingerprint density at radius 3 is 3.00 bits per heavy atom. The molecule has 1 saturated heterocycles. The number of hydrogen-bond acceptors (Lipinski definition) is 4. The Bertz CT molecular complexity index is 838. The molecule has 0 radical (unpaired) electrons. The average Bonchev–Trinajstić information content (AvgIpc) is 3.15. The minimum Gasteiger partial charge on any atom is -0.277 e. The van der Waals surface area contributed by atoms with Crippen molar-refractivity contribution in [2.24, 2.45) is 0 Å². The van der Waals surface area contributed by atoms with E-state index in [0.29, 0.717) is 18.4 Å². The van der Waals surface area contributed by atoms with Crippen LogP contribution in [0.2, 0.25) is 0 Å². The summed E-state index contributed by atoms with van der Waals surface area (Å²) in [5.41, 5.74) is 1.80. The van der Waals surface area contributed by atoms with Crippen molar-refractivity contribution >= 4 is 5.65 Å². The van der Waals surface area contributed by atoms with Crippen LogP contribution >= 0.6 is 0 Å². The number of aromatic nitrogens is 4. The SMILES string of the molecule is O=c1n(CN2CCCC2c2cccnc2)nc2ccccn12. The molecule has 22 heavy (non-hydrogen) atoms. The zero-order valence-corrected chi connectivity index (χ0v) is 12.2. The zero-order chi connectivity index (χ0) is 14.9. The number of rotatable bonds is 3. The molecule has 1 aliphatic heterocycles. The van der Waals surface area contributed by atoms with Gasteiger partial charge < -0.3 is 0 Å². The first kappa shape index (κ1) is 13.2. The van der Waals surface area contributed by atoms with Gasteiger partial charge in [0.15, 0.2) is 5.65 Å². The van der Waals surface area contributed by atoms with E-state index in [-0.39, 0.29) is 5.69 Å². The second-order valence-electron chi connectivity index (χ2n) is 5.61. The predicted molar refractivity (Wildman–Crippen MR) is 82.4 cm³/mol. The standard InChI is InChI=1S/C16H17N5O/c22-16-20-10-2-1-7-15(20)18-21(16)12-19-9-4-6-14(19)13-5-3-8-17-11-13/h1-3,5,7-8,10-11,14H,4,6,9,12H2. The number of hydrogen-bond donors (Lipinski definition) is 0. The Morgan fingerprint density at radius 2 is 2.18 bits per heavy atom. The maximum absolute atomic E-state index is 12.4. The summed E-state index contributed by atoms with van der Waals surface area (Å²) in [6, 6.07) is 9.95. The van der Waals surface area contributed by atoms with Gasteiger partial charge in [-0.15, -0.1) is 5.10 Å². The zero-order valence-electron chi connectivity index (χ0n) is 12.2. The molecule has 0 aliphatic carbocycles. The van der Waals surface area contributed by atoms with Gasteiger partial charge in [-0.05, 0) is 36.6 Å². The number of nitrogens with zero attached hydrogens (tertiary/aromatic N) is 5. The summed E-state index contributed by atoms with van der Waals surface area (Å²) in [4.78, 5) is 18.9. The normalized spacial score (nSPS) is 19.0. The quantitative estimate of drug-likeness (QED) is 0.738. The molecule has 0 bridgehead atoms. The fraction of sp³-hybridized carbons (Fsp3) is 0.312. The monoisotopic (exact) mass is 295 g/mol. The highest BCUT2D eigenvalue weighted by atomic mass is 16.2. The molecular formula is C16H17N5O. The van der Waals surface area contributed by atoms with E-state index in [0.717, 1.165) is 19.4 Å². The van der Waals surface area contributed by atoms with E-state index in [1.165, 1.54) is 5.56 Å². The van der Waals surface area contributed by atoms with Crippen LogP contribution < -0.4 is 5.69 Å². The van der Waals surface area contributed by atoms with Gasteiger partial charge >= 0.3 is 5.69 Å². The molecule has 0 N–H and O–H groups in total. The maximum Gasteiger partial charge on any atom is 0.351 e. The summed E-state index contributed by atoms with van der Waals surface area (Å²) < 4.78 is 3.12. The Balaban J connectivity index is 1.64. The lowest BCUT2D eigenvalue weighted by Crippen LogP contribution is -2.32. The molecule has 3 aromatic heterocycles. The van der Waals surface area contributed by atoms with Gasteiger partial charge in [0.1, 0.15) is 0 Å². The van der Waals surface area contributed by atoms with Crippen molar-refractivity contribution in [1.82, 2.24) is 24.1 Å². The van der Waals surface area contributed by atoms with Crippen LogP contribution in [0.3, 0.4) is 0 Å². The van der Waals surface area contributed by atoms with Crippen LogP contribution in [0.25, 0.3) is 5.65 Å². The molecule has 0 amide bonds. The molecule has 4 heterocycles. The van der Waals surface area contributed by atoms with Crippen LogP contribution in [0.4, 0.5) is 0 Å². The molecule has 0 aromatic carbocycles. The van der Waals surface area contributed by atoms with Gasteiger partial charge in [0.05, 0.1) is 6.67 Å². The molecule has 4 rings (SSSR count). The van der Waals surface area contributed by atoms with Crippen molar-refractivity contribution in [3.8, 4) is 0 Å². The third-order valence-corrected chi connectivity index (χ3v) is 4.24. The Labute approximate surface area is 127 Å². The first-order valence-corrected chi connectivity index (χ1v) is 7.51. The summed E-state index contributed by atoms with van der Waals surface area (Å²) in [5.74, 6) is 0. The molecule has 1 unspecified atom stereocenters. The molecule has 112 valence electrons. The van der Waals surface area contributed by atoms with Crippen molar-refractivity contribution in [2.75, 3.05) is 6.54 Å². The highest BCUT2D eigenvalue weighted by Crippen LogP contribution is 2.31. The second kappa shape index (κ2) is 5.38.